The molecule has 0 aromatic heterocycles. The quantitative estimate of drug-likeness (QED) is 0.757. The van der Waals surface area contributed by atoms with E-state index < -0.39 is 0 Å². The molecular formula is C18H23NO2. The molecule has 0 radical (unpaired) electrons. The van der Waals surface area contributed by atoms with Crippen molar-refractivity contribution >= 4 is 0 Å². The van der Waals surface area contributed by atoms with Crippen molar-refractivity contribution in [1.82, 2.24) is 0 Å². The fourth-order valence-corrected chi connectivity index (χ4v) is 2.20. The molecule has 0 aliphatic carbocycles. The molecule has 0 aliphatic rings. The van der Waals surface area contributed by atoms with Gasteiger partial charge in [-0.3, -0.25) is 0 Å². The molecular weight excluding hydrogens is 262 g/mol. The lowest BCUT2D eigenvalue weighted by molar-refractivity contribution is 0.119. The van der Waals surface area contributed by atoms with Gasteiger partial charge in [0.2, 0.25) is 0 Å². The topological polar surface area (TPSA) is 44.5 Å². The van der Waals surface area contributed by atoms with Gasteiger partial charge in [-0.15, -0.1) is 0 Å². The first kappa shape index (κ1) is 15.5. The number of methoxy groups -OCH3 is 1. The third kappa shape index (κ3) is 5.21. The first-order valence-corrected chi connectivity index (χ1v) is 7.31. The molecule has 0 heterocycles. The number of nitrogens with two attached hydrogens (primary N) is 1. The van der Waals surface area contributed by atoms with Crippen LogP contribution in [0.15, 0.2) is 54.6 Å². The molecule has 2 aromatic rings. The van der Waals surface area contributed by atoms with Crippen molar-refractivity contribution in [2.75, 3.05) is 20.3 Å². The summed E-state index contributed by atoms with van der Waals surface area (Å²) in [5, 5.41) is 0. The second-order valence-corrected chi connectivity index (χ2v) is 5.05. The summed E-state index contributed by atoms with van der Waals surface area (Å²) >= 11 is 0. The van der Waals surface area contributed by atoms with E-state index in [4.69, 9.17) is 15.2 Å². The van der Waals surface area contributed by atoms with Crippen molar-refractivity contribution in [3.8, 4) is 5.75 Å². The molecule has 2 N–H and O–H groups in total. The maximum Gasteiger partial charge on any atom is 0.119 e. The summed E-state index contributed by atoms with van der Waals surface area (Å²) in [6.45, 7) is 1.26. The Bertz CT molecular complexity index is 528. The fraction of sp³-hybridized carbons (Fsp3) is 0.333. The zero-order valence-electron chi connectivity index (χ0n) is 12.5. The van der Waals surface area contributed by atoms with E-state index in [0.29, 0.717) is 6.61 Å². The lowest BCUT2D eigenvalue weighted by atomic mass is 10.1. The van der Waals surface area contributed by atoms with Crippen LogP contribution in [0.3, 0.4) is 0 Å². The molecule has 1 unspecified atom stereocenters. The van der Waals surface area contributed by atoms with Gasteiger partial charge < -0.3 is 15.2 Å². The van der Waals surface area contributed by atoms with Gasteiger partial charge >= 0.3 is 0 Å². The van der Waals surface area contributed by atoms with Crippen molar-refractivity contribution in [3.63, 3.8) is 0 Å². The SMILES string of the molecule is COc1cccc(C(N)COCCCc2ccccc2)c1. The fourth-order valence-electron chi connectivity index (χ4n) is 2.20. The minimum Gasteiger partial charge on any atom is -0.497 e. The van der Waals surface area contributed by atoms with Gasteiger partial charge in [0.25, 0.3) is 0 Å². The van der Waals surface area contributed by atoms with Crippen LogP contribution in [0, 0.1) is 0 Å². The normalized spacial score (nSPS) is 12.1. The van der Waals surface area contributed by atoms with Crippen LogP contribution in [0.2, 0.25) is 0 Å². The summed E-state index contributed by atoms with van der Waals surface area (Å²) in [6.07, 6.45) is 2.05. The van der Waals surface area contributed by atoms with Gasteiger partial charge in [0.15, 0.2) is 0 Å². The van der Waals surface area contributed by atoms with E-state index in [1.165, 1.54) is 5.56 Å². The molecule has 3 nitrogen and oxygen atoms in total. The molecule has 1 atom stereocenters. The Morgan fingerprint density at radius 3 is 2.62 bits per heavy atom. The Hall–Kier alpha value is -1.84. The van der Waals surface area contributed by atoms with Gasteiger partial charge in [-0.2, -0.15) is 0 Å². The Balaban J connectivity index is 1.68. The van der Waals surface area contributed by atoms with Crippen molar-refractivity contribution in [2.24, 2.45) is 5.73 Å². The van der Waals surface area contributed by atoms with Gasteiger partial charge in [-0.25, -0.2) is 0 Å². The summed E-state index contributed by atoms with van der Waals surface area (Å²) < 4.78 is 10.9. The van der Waals surface area contributed by atoms with Crippen molar-refractivity contribution < 1.29 is 9.47 Å². The van der Waals surface area contributed by atoms with Crippen LogP contribution >= 0.6 is 0 Å². The van der Waals surface area contributed by atoms with Gasteiger partial charge in [-0.1, -0.05) is 42.5 Å². The Kier molecular flexibility index (Phi) is 6.25. The molecule has 0 aliphatic heterocycles. The number of rotatable bonds is 8. The van der Waals surface area contributed by atoms with Gasteiger partial charge in [0, 0.05) is 6.61 Å². The van der Waals surface area contributed by atoms with Gasteiger partial charge in [0.05, 0.1) is 19.8 Å². The lowest BCUT2D eigenvalue weighted by Crippen LogP contribution is -2.17. The van der Waals surface area contributed by atoms with E-state index in [2.05, 4.69) is 24.3 Å². The van der Waals surface area contributed by atoms with E-state index in [9.17, 15) is 0 Å². The second kappa shape index (κ2) is 8.45. The Morgan fingerprint density at radius 1 is 1.05 bits per heavy atom. The largest absolute Gasteiger partial charge is 0.497 e. The molecule has 0 amide bonds. The van der Waals surface area contributed by atoms with Gasteiger partial charge in [0.1, 0.15) is 5.75 Å². The van der Waals surface area contributed by atoms with Crippen molar-refractivity contribution in [2.45, 2.75) is 18.9 Å². The number of aryl methyl sites for hydroxylation is 1. The Morgan fingerprint density at radius 2 is 1.86 bits per heavy atom. The zero-order valence-corrected chi connectivity index (χ0v) is 12.5. The molecule has 0 bridgehead atoms. The molecule has 3 heteroatoms. The molecule has 0 saturated carbocycles. The van der Waals surface area contributed by atoms with Gasteiger partial charge in [-0.05, 0) is 36.1 Å². The van der Waals surface area contributed by atoms with Crippen LogP contribution in [0.4, 0.5) is 0 Å². The first-order chi connectivity index (χ1) is 10.3. The highest BCUT2D eigenvalue weighted by Gasteiger charge is 2.07. The summed E-state index contributed by atoms with van der Waals surface area (Å²) in [5.41, 5.74) is 8.52. The first-order valence-electron chi connectivity index (χ1n) is 7.31. The highest BCUT2D eigenvalue weighted by molar-refractivity contribution is 5.30. The monoisotopic (exact) mass is 285 g/mol. The highest BCUT2D eigenvalue weighted by Crippen LogP contribution is 2.17. The summed E-state index contributed by atoms with van der Waals surface area (Å²) in [6, 6.07) is 18.1. The van der Waals surface area contributed by atoms with Crippen LogP contribution < -0.4 is 10.5 Å². The maximum atomic E-state index is 6.13. The molecule has 0 spiro atoms. The Labute approximate surface area is 126 Å². The summed E-state index contributed by atoms with van der Waals surface area (Å²) in [4.78, 5) is 0. The smallest absolute Gasteiger partial charge is 0.119 e. The molecule has 0 fully saturated rings. The highest BCUT2D eigenvalue weighted by atomic mass is 16.5. The van der Waals surface area contributed by atoms with Crippen molar-refractivity contribution in [1.29, 1.82) is 0 Å². The predicted octanol–water partition coefficient (Wildman–Crippen LogP) is 3.34. The minimum atomic E-state index is -0.114. The lowest BCUT2D eigenvalue weighted by Gasteiger charge is -2.13. The number of benzene rings is 2. The van der Waals surface area contributed by atoms with E-state index in [1.807, 2.05) is 30.3 Å². The zero-order chi connectivity index (χ0) is 14.9. The van der Waals surface area contributed by atoms with Crippen LogP contribution in [0.1, 0.15) is 23.6 Å². The third-order valence-electron chi connectivity index (χ3n) is 3.42. The van der Waals surface area contributed by atoms with Crippen LogP contribution in [-0.2, 0) is 11.2 Å². The molecule has 21 heavy (non-hydrogen) atoms. The van der Waals surface area contributed by atoms with E-state index >= 15 is 0 Å². The minimum absolute atomic E-state index is 0.114. The number of hydrogen-bond acceptors (Lipinski definition) is 3. The summed E-state index contributed by atoms with van der Waals surface area (Å²) in [7, 11) is 1.66. The molecule has 112 valence electrons. The van der Waals surface area contributed by atoms with Crippen LogP contribution in [0.25, 0.3) is 0 Å². The molecule has 2 rings (SSSR count). The average Bonchev–Trinajstić information content (AvgIpc) is 2.55. The molecule has 2 aromatic carbocycles. The van der Waals surface area contributed by atoms with Crippen LogP contribution in [-0.4, -0.2) is 20.3 Å². The van der Waals surface area contributed by atoms with Crippen LogP contribution in [0.5, 0.6) is 5.75 Å². The maximum absolute atomic E-state index is 6.13. The van der Waals surface area contributed by atoms with Crippen molar-refractivity contribution in [3.05, 3.63) is 65.7 Å². The standard InChI is InChI=1S/C18H23NO2/c1-20-17-11-5-10-16(13-17)18(19)14-21-12-6-9-15-7-3-2-4-8-15/h2-5,7-8,10-11,13,18H,6,9,12,14,19H2,1H3. The van der Waals surface area contributed by atoms with E-state index in [1.54, 1.807) is 7.11 Å². The number of hydrogen-bond donors (Lipinski definition) is 1. The average molecular weight is 285 g/mol. The molecule has 0 saturated heterocycles. The predicted molar refractivity (Wildman–Crippen MR) is 85.5 cm³/mol. The number of ether oxygens (including phenoxy) is 2. The third-order valence-corrected chi connectivity index (χ3v) is 3.42. The van der Waals surface area contributed by atoms with E-state index in [-0.39, 0.29) is 6.04 Å². The summed E-state index contributed by atoms with van der Waals surface area (Å²) in [5.74, 6) is 0.826. The van der Waals surface area contributed by atoms with E-state index in [0.717, 1.165) is 30.8 Å². The second-order valence-electron chi connectivity index (χ2n) is 5.05.